The van der Waals surface area contributed by atoms with Crippen molar-refractivity contribution < 1.29 is 9.47 Å². The fraction of sp³-hybridized carbons (Fsp3) is 0.176. The zero-order chi connectivity index (χ0) is 17.8. The molecule has 0 aliphatic carbocycles. The summed E-state index contributed by atoms with van der Waals surface area (Å²) in [4.78, 5) is 0. The predicted molar refractivity (Wildman–Crippen MR) is 99.7 cm³/mol. The maximum Gasteiger partial charge on any atom is 0.210 e. The van der Waals surface area contributed by atoms with Crippen molar-refractivity contribution in [2.45, 2.75) is 10.9 Å². The van der Waals surface area contributed by atoms with Crippen molar-refractivity contribution in [2.24, 2.45) is 0 Å². The van der Waals surface area contributed by atoms with Crippen molar-refractivity contribution in [3.05, 3.63) is 53.1 Å². The van der Waals surface area contributed by atoms with Gasteiger partial charge in [0.15, 0.2) is 17.3 Å². The number of hydrogen-bond acceptors (Lipinski definition) is 6. The Morgan fingerprint density at radius 3 is 2.60 bits per heavy atom. The molecule has 0 spiro atoms. The highest BCUT2D eigenvalue weighted by atomic mass is 35.5. The zero-order valence-electron chi connectivity index (χ0n) is 13.8. The summed E-state index contributed by atoms with van der Waals surface area (Å²) in [6.45, 7) is 0. The van der Waals surface area contributed by atoms with Crippen LogP contribution >= 0.6 is 23.4 Å². The second-order valence-electron chi connectivity index (χ2n) is 5.16. The van der Waals surface area contributed by atoms with Crippen LogP contribution in [0.2, 0.25) is 5.02 Å². The van der Waals surface area contributed by atoms with Gasteiger partial charge in [0.05, 0.1) is 14.2 Å². The van der Waals surface area contributed by atoms with Crippen LogP contribution in [0.1, 0.15) is 5.56 Å². The minimum atomic E-state index is 0.551. The number of halogens is 1. The Kier molecular flexibility index (Phi) is 5.35. The molecule has 0 atom stereocenters. The van der Waals surface area contributed by atoms with E-state index in [0.29, 0.717) is 33.3 Å². The van der Waals surface area contributed by atoms with Crippen molar-refractivity contribution in [1.82, 2.24) is 14.9 Å². The SMILES string of the molecule is COc1ccc(-c2nnc(SCc3cccc(Cl)c3)n2N)cc1OC. The van der Waals surface area contributed by atoms with E-state index >= 15 is 0 Å². The monoisotopic (exact) mass is 376 g/mol. The molecule has 6 nitrogen and oxygen atoms in total. The first kappa shape index (κ1) is 17.4. The fourth-order valence-electron chi connectivity index (χ4n) is 2.32. The summed E-state index contributed by atoms with van der Waals surface area (Å²) >= 11 is 7.50. The Labute approximate surface area is 154 Å². The summed E-state index contributed by atoms with van der Waals surface area (Å²) in [5.41, 5.74) is 1.88. The standard InChI is InChI=1S/C17H17ClN4O2S/c1-23-14-7-6-12(9-15(14)24-2)16-20-21-17(22(16)19)25-10-11-4-3-5-13(18)8-11/h3-9H,10,19H2,1-2H3. The summed E-state index contributed by atoms with van der Waals surface area (Å²) in [5, 5.41) is 9.69. The minimum absolute atomic E-state index is 0.551. The lowest BCUT2D eigenvalue weighted by Gasteiger charge is -2.09. The average molecular weight is 377 g/mol. The van der Waals surface area contributed by atoms with Crippen LogP contribution in [0.5, 0.6) is 11.5 Å². The summed E-state index contributed by atoms with van der Waals surface area (Å²) < 4.78 is 12.0. The van der Waals surface area contributed by atoms with E-state index < -0.39 is 0 Å². The van der Waals surface area contributed by atoms with Gasteiger partial charge in [0.25, 0.3) is 0 Å². The number of nitrogens with two attached hydrogens (primary N) is 1. The third kappa shape index (κ3) is 3.83. The molecule has 3 aromatic rings. The molecule has 0 amide bonds. The van der Waals surface area contributed by atoms with E-state index in [4.69, 9.17) is 26.9 Å². The topological polar surface area (TPSA) is 75.2 Å². The number of rotatable bonds is 6. The molecule has 2 N–H and O–H groups in total. The largest absolute Gasteiger partial charge is 0.493 e. The molecular formula is C17H17ClN4O2S. The van der Waals surface area contributed by atoms with Crippen LogP contribution in [0.25, 0.3) is 11.4 Å². The van der Waals surface area contributed by atoms with E-state index in [0.717, 1.165) is 11.1 Å². The quantitative estimate of drug-likeness (QED) is 0.523. The third-order valence-electron chi connectivity index (χ3n) is 3.56. The lowest BCUT2D eigenvalue weighted by Crippen LogP contribution is -2.11. The molecule has 0 saturated carbocycles. The molecular weight excluding hydrogens is 360 g/mol. The highest BCUT2D eigenvalue weighted by molar-refractivity contribution is 7.98. The maximum absolute atomic E-state index is 6.16. The van der Waals surface area contributed by atoms with Crippen LogP contribution < -0.4 is 15.3 Å². The van der Waals surface area contributed by atoms with Crippen molar-refractivity contribution in [2.75, 3.05) is 20.1 Å². The molecule has 8 heteroatoms. The van der Waals surface area contributed by atoms with Crippen LogP contribution in [0.4, 0.5) is 0 Å². The Hall–Kier alpha value is -2.38. The van der Waals surface area contributed by atoms with Gasteiger partial charge in [-0.25, -0.2) is 4.68 Å². The van der Waals surface area contributed by atoms with Crippen molar-refractivity contribution >= 4 is 23.4 Å². The van der Waals surface area contributed by atoms with Crippen molar-refractivity contribution in [3.63, 3.8) is 0 Å². The van der Waals surface area contributed by atoms with Gasteiger partial charge in [0.2, 0.25) is 5.16 Å². The minimum Gasteiger partial charge on any atom is -0.493 e. The van der Waals surface area contributed by atoms with E-state index in [1.54, 1.807) is 14.2 Å². The first-order valence-electron chi connectivity index (χ1n) is 7.42. The van der Waals surface area contributed by atoms with Crippen molar-refractivity contribution in [3.8, 4) is 22.9 Å². The molecule has 130 valence electrons. The van der Waals surface area contributed by atoms with Crippen LogP contribution in [0.3, 0.4) is 0 Å². The number of methoxy groups -OCH3 is 2. The Bertz CT molecular complexity index is 885. The predicted octanol–water partition coefficient (Wildman–Crippen LogP) is 3.62. The van der Waals surface area contributed by atoms with Gasteiger partial charge in [-0.2, -0.15) is 0 Å². The second-order valence-corrected chi connectivity index (χ2v) is 6.54. The van der Waals surface area contributed by atoms with Crippen LogP contribution in [-0.4, -0.2) is 29.1 Å². The first-order chi connectivity index (χ1) is 12.1. The number of benzene rings is 2. The smallest absolute Gasteiger partial charge is 0.210 e. The Morgan fingerprint density at radius 1 is 1.08 bits per heavy atom. The molecule has 3 rings (SSSR count). The van der Waals surface area contributed by atoms with Crippen LogP contribution in [0, 0.1) is 0 Å². The molecule has 2 aromatic carbocycles. The number of aromatic nitrogens is 3. The Morgan fingerprint density at radius 2 is 1.88 bits per heavy atom. The van der Waals surface area contributed by atoms with Gasteiger partial charge in [0, 0.05) is 16.3 Å². The highest BCUT2D eigenvalue weighted by Crippen LogP contribution is 2.32. The summed E-state index contributed by atoms with van der Waals surface area (Å²) in [5.74, 6) is 8.66. The molecule has 0 saturated heterocycles. The first-order valence-corrected chi connectivity index (χ1v) is 8.79. The van der Waals surface area contributed by atoms with Gasteiger partial charge in [-0.1, -0.05) is 35.5 Å². The van der Waals surface area contributed by atoms with Crippen molar-refractivity contribution in [1.29, 1.82) is 0 Å². The third-order valence-corrected chi connectivity index (χ3v) is 4.81. The summed E-state index contributed by atoms with van der Waals surface area (Å²) in [6, 6.07) is 13.2. The maximum atomic E-state index is 6.16. The number of nitrogen functional groups attached to an aromatic ring is 1. The van der Waals surface area contributed by atoms with Gasteiger partial charge in [-0.15, -0.1) is 10.2 Å². The van der Waals surface area contributed by atoms with Gasteiger partial charge >= 0.3 is 0 Å². The lowest BCUT2D eigenvalue weighted by molar-refractivity contribution is 0.355. The second kappa shape index (κ2) is 7.67. The lowest BCUT2D eigenvalue weighted by atomic mass is 10.2. The average Bonchev–Trinajstić information content (AvgIpc) is 3.00. The number of ether oxygens (including phenoxy) is 2. The molecule has 25 heavy (non-hydrogen) atoms. The summed E-state index contributed by atoms with van der Waals surface area (Å²) in [7, 11) is 3.18. The van der Waals surface area contributed by atoms with Crippen LogP contribution in [-0.2, 0) is 5.75 Å². The van der Waals surface area contributed by atoms with E-state index in [9.17, 15) is 0 Å². The normalized spacial score (nSPS) is 10.7. The van der Waals surface area contributed by atoms with E-state index in [2.05, 4.69) is 10.2 Å². The van der Waals surface area contributed by atoms with E-state index in [1.807, 2.05) is 42.5 Å². The fourth-order valence-corrected chi connectivity index (χ4v) is 3.33. The van der Waals surface area contributed by atoms with Gasteiger partial charge in [-0.3, -0.25) is 0 Å². The number of thioether (sulfide) groups is 1. The highest BCUT2D eigenvalue weighted by Gasteiger charge is 2.14. The zero-order valence-corrected chi connectivity index (χ0v) is 15.3. The molecule has 0 aliphatic heterocycles. The van der Waals surface area contributed by atoms with E-state index in [-0.39, 0.29) is 0 Å². The molecule has 0 bridgehead atoms. The summed E-state index contributed by atoms with van der Waals surface area (Å²) in [6.07, 6.45) is 0. The van der Waals surface area contributed by atoms with Crippen LogP contribution in [0.15, 0.2) is 47.6 Å². The van der Waals surface area contributed by atoms with Gasteiger partial charge in [0.1, 0.15) is 0 Å². The molecule has 0 unspecified atom stereocenters. The van der Waals surface area contributed by atoms with E-state index in [1.165, 1.54) is 16.4 Å². The van der Waals surface area contributed by atoms with Gasteiger partial charge in [-0.05, 0) is 35.9 Å². The Balaban J connectivity index is 1.81. The number of hydrogen-bond donors (Lipinski definition) is 1. The molecule has 1 aromatic heterocycles. The molecule has 1 heterocycles. The van der Waals surface area contributed by atoms with Gasteiger partial charge < -0.3 is 15.3 Å². The molecule has 0 aliphatic rings. The number of nitrogens with zero attached hydrogens (tertiary/aromatic N) is 3. The molecule has 0 fully saturated rings. The molecule has 0 radical (unpaired) electrons.